The number of ether oxygens (including phenoxy) is 4. The molecule has 9 nitrogen and oxygen atoms in total. The SMILES string of the molecule is CC/C=C\C/C=C\C/C=C\C/C=C\C/C=C\C/C=C\CCCCCCCCCCCCCCCCCCCCCCCCC(=O)OC(COC(=O)CCCCCCC/C=C\CCCC)COC(OCC[N+](C)(C)C)C(=O)[O-]. The van der Waals surface area contributed by atoms with Crippen LogP contribution < -0.4 is 5.11 Å². The first-order valence-corrected chi connectivity index (χ1v) is 31.7. The third-order valence-electron chi connectivity index (χ3n) is 13.6. The Hall–Kier alpha value is -3.53. The third kappa shape index (κ3) is 60.0. The normalized spacial score (nSPS) is 13.3. The second kappa shape index (κ2) is 58.6. The number of likely N-dealkylation sites (N-methyl/N-ethyl adjacent to an activating group) is 1. The van der Waals surface area contributed by atoms with Gasteiger partial charge in [-0.3, -0.25) is 9.59 Å². The highest BCUT2D eigenvalue weighted by atomic mass is 16.7. The summed E-state index contributed by atoms with van der Waals surface area (Å²) in [6.07, 6.45) is 75.4. The molecule has 0 amide bonds. The third-order valence-corrected chi connectivity index (χ3v) is 13.6. The molecule has 0 N–H and O–H groups in total. The summed E-state index contributed by atoms with van der Waals surface area (Å²) in [5.41, 5.74) is 0. The van der Waals surface area contributed by atoms with Crippen molar-refractivity contribution in [2.75, 3.05) is 47.5 Å². The first-order valence-electron chi connectivity index (χ1n) is 31.7. The van der Waals surface area contributed by atoms with Crippen LogP contribution in [0.2, 0.25) is 0 Å². The second-order valence-electron chi connectivity index (χ2n) is 22.3. The van der Waals surface area contributed by atoms with Crippen molar-refractivity contribution in [2.24, 2.45) is 0 Å². The van der Waals surface area contributed by atoms with Gasteiger partial charge in [0.2, 0.25) is 0 Å². The average molecular weight is 1080 g/mol. The number of allylic oxidation sites excluding steroid dienone is 14. The lowest BCUT2D eigenvalue weighted by molar-refractivity contribution is -0.870. The van der Waals surface area contributed by atoms with E-state index in [4.69, 9.17) is 18.9 Å². The lowest BCUT2D eigenvalue weighted by atomic mass is 10.0. The fraction of sp³-hybridized carbons (Fsp3) is 0.750. The van der Waals surface area contributed by atoms with E-state index in [0.29, 0.717) is 17.4 Å². The van der Waals surface area contributed by atoms with E-state index in [9.17, 15) is 19.5 Å². The first kappa shape index (κ1) is 73.5. The predicted octanol–water partition coefficient (Wildman–Crippen LogP) is 17.8. The standard InChI is InChI=1S/C68H119NO8/c1-6-8-10-12-14-16-18-19-20-21-22-23-24-25-26-27-28-29-30-31-32-33-34-35-36-37-38-39-40-41-42-43-44-45-46-47-49-51-53-55-57-59-66(71)77-64(63-76-68(67(72)73)74-61-60-69(3,4)5)62-75-65(70)58-56-54-52-50-48-17-15-13-11-9-7-2/h8,10,13-16,19-20,22-23,25-26,28-29,64,68H,6-7,9,11-12,17-18,21,24,27,30-63H2,1-5H3/b10-8-,15-13-,16-14-,20-19-,23-22-,26-25-,29-28-. The number of hydrogen-bond donors (Lipinski definition) is 0. The molecule has 2 unspecified atom stereocenters. The van der Waals surface area contributed by atoms with Gasteiger partial charge in [-0.15, -0.1) is 0 Å². The number of carboxylic acid groups (broad SMARTS) is 1. The van der Waals surface area contributed by atoms with Crippen molar-refractivity contribution < 1.29 is 42.9 Å². The molecule has 444 valence electrons. The van der Waals surface area contributed by atoms with Crippen LogP contribution in [0.4, 0.5) is 0 Å². The van der Waals surface area contributed by atoms with Crippen LogP contribution in [-0.4, -0.2) is 82.3 Å². The van der Waals surface area contributed by atoms with Crippen LogP contribution in [0.15, 0.2) is 85.1 Å². The summed E-state index contributed by atoms with van der Waals surface area (Å²) < 4.78 is 22.6. The van der Waals surface area contributed by atoms with Gasteiger partial charge in [0.05, 0.1) is 40.3 Å². The minimum Gasteiger partial charge on any atom is -0.545 e. The van der Waals surface area contributed by atoms with Crippen molar-refractivity contribution >= 4 is 17.9 Å². The van der Waals surface area contributed by atoms with Gasteiger partial charge in [0, 0.05) is 12.8 Å². The van der Waals surface area contributed by atoms with Crippen LogP contribution in [0.1, 0.15) is 271 Å². The molecule has 0 saturated carbocycles. The van der Waals surface area contributed by atoms with Crippen molar-refractivity contribution in [3.05, 3.63) is 85.1 Å². The monoisotopic (exact) mass is 1080 g/mol. The number of esters is 2. The van der Waals surface area contributed by atoms with E-state index in [1.165, 1.54) is 141 Å². The van der Waals surface area contributed by atoms with E-state index in [1.54, 1.807) is 0 Å². The van der Waals surface area contributed by atoms with Crippen LogP contribution in [-0.2, 0) is 33.3 Å². The number of carboxylic acids is 1. The van der Waals surface area contributed by atoms with E-state index in [-0.39, 0.29) is 38.6 Å². The van der Waals surface area contributed by atoms with Crippen LogP contribution in [0, 0.1) is 0 Å². The molecule has 0 aromatic rings. The number of hydrogen-bond acceptors (Lipinski definition) is 8. The number of rotatable bonds is 58. The summed E-state index contributed by atoms with van der Waals surface area (Å²) in [6, 6.07) is 0. The Labute approximate surface area is 474 Å². The quantitative estimate of drug-likeness (QED) is 0.0195. The fourth-order valence-corrected chi connectivity index (χ4v) is 8.76. The lowest BCUT2D eigenvalue weighted by Gasteiger charge is -2.26. The van der Waals surface area contributed by atoms with E-state index < -0.39 is 24.3 Å². The van der Waals surface area contributed by atoms with Gasteiger partial charge in [-0.25, -0.2) is 0 Å². The maximum atomic E-state index is 12.9. The molecule has 0 fully saturated rings. The number of nitrogens with zero attached hydrogens (tertiary/aromatic N) is 1. The van der Waals surface area contributed by atoms with Crippen LogP contribution in [0.5, 0.6) is 0 Å². The van der Waals surface area contributed by atoms with Gasteiger partial charge < -0.3 is 33.3 Å². The molecule has 0 radical (unpaired) electrons. The topological polar surface area (TPSA) is 111 Å². The minimum atomic E-state index is -1.62. The Bertz CT molecular complexity index is 1540. The maximum absolute atomic E-state index is 12.9. The number of carbonyl (C=O) groups excluding carboxylic acids is 3. The van der Waals surface area contributed by atoms with E-state index >= 15 is 0 Å². The Morgan fingerprint density at radius 2 is 0.740 bits per heavy atom. The summed E-state index contributed by atoms with van der Waals surface area (Å²) in [4.78, 5) is 37.2. The number of carbonyl (C=O) groups is 3. The fourth-order valence-electron chi connectivity index (χ4n) is 8.76. The Morgan fingerprint density at radius 1 is 0.403 bits per heavy atom. The summed E-state index contributed by atoms with van der Waals surface area (Å²) in [5, 5.41) is 11.8. The highest BCUT2D eigenvalue weighted by molar-refractivity contribution is 5.70. The molecule has 9 heteroatoms. The molecule has 0 heterocycles. The molecule has 0 aliphatic heterocycles. The van der Waals surface area contributed by atoms with E-state index in [0.717, 1.165) is 96.3 Å². The summed E-state index contributed by atoms with van der Waals surface area (Å²) in [5.74, 6) is -2.29. The number of unbranched alkanes of at least 4 members (excludes halogenated alkanes) is 29. The Morgan fingerprint density at radius 3 is 1.12 bits per heavy atom. The summed E-state index contributed by atoms with van der Waals surface area (Å²) in [6.45, 7) is 4.59. The molecule has 0 bridgehead atoms. The Kier molecular flexibility index (Phi) is 55.9. The number of aliphatic carboxylic acids is 1. The van der Waals surface area contributed by atoms with Crippen molar-refractivity contribution in [3.8, 4) is 0 Å². The zero-order chi connectivity index (χ0) is 56.2. The van der Waals surface area contributed by atoms with Gasteiger partial charge in [0.25, 0.3) is 0 Å². The zero-order valence-electron chi connectivity index (χ0n) is 50.6. The molecule has 0 aromatic carbocycles. The minimum absolute atomic E-state index is 0.146. The Balaban J connectivity index is 3.92. The molecule has 0 aliphatic rings. The van der Waals surface area contributed by atoms with E-state index in [2.05, 4.69) is 98.9 Å². The van der Waals surface area contributed by atoms with Gasteiger partial charge in [-0.05, 0) is 83.5 Å². The highest BCUT2D eigenvalue weighted by Gasteiger charge is 2.22. The molecule has 0 rings (SSSR count). The number of quaternary nitrogens is 1. The van der Waals surface area contributed by atoms with Crippen LogP contribution in [0.25, 0.3) is 0 Å². The molecule has 2 atom stereocenters. The molecule has 0 spiro atoms. The van der Waals surface area contributed by atoms with E-state index in [1.807, 2.05) is 21.1 Å². The highest BCUT2D eigenvalue weighted by Crippen LogP contribution is 2.17. The average Bonchev–Trinajstić information content (AvgIpc) is 3.40. The smallest absolute Gasteiger partial charge is 0.306 e. The van der Waals surface area contributed by atoms with Gasteiger partial charge >= 0.3 is 11.9 Å². The van der Waals surface area contributed by atoms with Crippen LogP contribution >= 0.6 is 0 Å². The van der Waals surface area contributed by atoms with Crippen molar-refractivity contribution in [1.29, 1.82) is 0 Å². The molecule has 0 aromatic heterocycles. The predicted molar refractivity (Wildman–Crippen MR) is 324 cm³/mol. The molecule has 77 heavy (non-hydrogen) atoms. The summed E-state index contributed by atoms with van der Waals surface area (Å²) in [7, 11) is 5.92. The van der Waals surface area contributed by atoms with Gasteiger partial charge in [-0.1, -0.05) is 259 Å². The largest absolute Gasteiger partial charge is 0.545 e. The van der Waals surface area contributed by atoms with Gasteiger partial charge in [-0.2, -0.15) is 0 Å². The second-order valence-corrected chi connectivity index (χ2v) is 22.3. The summed E-state index contributed by atoms with van der Waals surface area (Å²) >= 11 is 0. The van der Waals surface area contributed by atoms with Crippen LogP contribution in [0.3, 0.4) is 0 Å². The van der Waals surface area contributed by atoms with Gasteiger partial charge in [0.15, 0.2) is 12.4 Å². The first-order chi connectivity index (χ1) is 37.6. The van der Waals surface area contributed by atoms with Crippen molar-refractivity contribution in [3.63, 3.8) is 0 Å². The van der Waals surface area contributed by atoms with Crippen molar-refractivity contribution in [1.82, 2.24) is 0 Å². The molecular weight excluding hydrogens is 959 g/mol. The van der Waals surface area contributed by atoms with Crippen molar-refractivity contribution in [2.45, 2.75) is 283 Å². The van der Waals surface area contributed by atoms with Gasteiger partial charge in [0.1, 0.15) is 13.2 Å². The lowest BCUT2D eigenvalue weighted by Crippen LogP contribution is -2.44. The molecule has 0 aliphatic carbocycles. The molecular formula is C68H119NO8. The zero-order valence-corrected chi connectivity index (χ0v) is 50.6. The maximum Gasteiger partial charge on any atom is 0.306 e. The molecule has 0 saturated heterocycles.